The van der Waals surface area contributed by atoms with E-state index in [2.05, 4.69) is 52.3 Å². The van der Waals surface area contributed by atoms with Crippen LogP contribution in [0.2, 0.25) is 0 Å². The number of aromatic amines is 1. The Bertz CT molecular complexity index is 1040. The summed E-state index contributed by atoms with van der Waals surface area (Å²) in [5, 5.41) is 2.58. The van der Waals surface area contributed by atoms with Crippen molar-refractivity contribution in [3.63, 3.8) is 0 Å². The Labute approximate surface area is 151 Å². The van der Waals surface area contributed by atoms with Crippen molar-refractivity contribution in [1.82, 2.24) is 14.5 Å². The van der Waals surface area contributed by atoms with E-state index in [1.165, 1.54) is 16.3 Å². The highest BCUT2D eigenvalue weighted by molar-refractivity contribution is 5.85. The number of hydrogen-bond acceptors (Lipinski definition) is 3. The van der Waals surface area contributed by atoms with E-state index in [4.69, 9.17) is 0 Å². The zero-order valence-corrected chi connectivity index (χ0v) is 14.9. The van der Waals surface area contributed by atoms with Gasteiger partial charge in [-0.25, -0.2) is 4.79 Å². The molecule has 1 aliphatic heterocycles. The molecule has 2 aromatic carbocycles. The van der Waals surface area contributed by atoms with Crippen molar-refractivity contribution < 1.29 is 0 Å². The third-order valence-corrected chi connectivity index (χ3v) is 5.37. The highest BCUT2D eigenvalue weighted by atomic mass is 16.2. The van der Waals surface area contributed by atoms with Gasteiger partial charge in [-0.3, -0.25) is 19.2 Å². The molecule has 134 valence electrons. The van der Waals surface area contributed by atoms with E-state index < -0.39 is 0 Å². The number of H-pyrrole nitrogens is 1. The molecule has 0 saturated carbocycles. The minimum Gasteiger partial charge on any atom is -0.299 e. The number of fused-ring (bicyclic) bond motifs is 1. The third kappa shape index (κ3) is 3.22. The van der Waals surface area contributed by atoms with Crippen molar-refractivity contribution >= 4 is 10.8 Å². The van der Waals surface area contributed by atoms with E-state index in [0.29, 0.717) is 5.56 Å². The first-order valence-corrected chi connectivity index (χ1v) is 9.13. The maximum Gasteiger partial charge on any atom is 0.328 e. The first kappa shape index (κ1) is 16.8. The average Bonchev–Trinajstić information content (AvgIpc) is 2.66. The summed E-state index contributed by atoms with van der Waals surface area (Å²) in [6, 6.07) is 15.1. The van der Waals surface area contributed by atoms with Crippen LogP contribution in [-0.4, -0.2) is 27.5 Å². The standard InChI is InChI=1S/C21H23N3O2/c1-15-13-24(21(26)22-20(15)25)18-9-11-23(12-10-18)14-17-7-4-6-16-5-2-3-8-19(16)17/h2-8,13,18H,9-12,14H2,1H3,(H,22,25,26). The van der Waals surface area contributed by atoms with Gasteiger partial charge in [0.25, 0.3) is 5.56 Å². The SMILES string of the molecule is Cc1cn(C2CCN(Cc3cccc4ccccc34)CC2)c(=O)[nH]c1=O. The van der Waals surface area contributed by atoms with Crippen molar-refractivity contribution in [2.75, 3.05) is 13.1 Å². The van der Waals surface area contributed by atoms with Crippen LogP contribution in [0, 0.1) is 6.92 Å². The van der Waals surface area contributed by atoms with Gasteiger partial charge in [0.2, 0.25) is 0 Å². The second kappa shape index (κ2) is 6.92. The van der Waals surface area contributed by atoms with Gasteiger partial charge in [-0.2, -0.15) is 0 Å². The van der Waals surface area contributed by atoms with E-state index >= 15 is 0 Å². The molecule has 1 fully saturated rings. The topological polar surface area (TPSA) is 58.1 Å². The van der Waals surface area contributed by atoms with E-state index in [1.807, 2.05) is 0 Å². The Morgan fingerprint density at radius 3 is 2.58 bits per heavy atom. The summed E-state index contributed by atoms with van der Waals surface area (Å²) >= 11 is 0. The Balaban J connectivity index is 1.48. The number of benzene rings is 2. The number of piperidine rings is 1. The summed E-state index contributed by atoms with van der Waals surface area (Å²) in [6.45, 7) is 4.55. The Morgan fingerprint density at radius 1 is 1.04 bits per heavy atom. The van der Waals surface area contributed by atoms with Crippen molar-refractivity contribution in [3.05, 3.63) is 80.6 Å². The van der Waals surface area contributed by atoms with Crippen molar-refractivity contribution in [2.24, 2.45) is 0 Å². The molecule has 4 rings (SSSR count). The number of aryl methyl sites for hydroxylation is 1. The highest BCUT2D eigenvalue weighted by Crippen LogP contribution is 2.25. The van der Waals surface area contributed by atoms with E-state index in [9.17, 15) is 9.59 Å². The molecule has 0 atom stereocenters. The second-order valence-corrected chi connectivity index (χ2v) is 7.12. The van der Waals surface area contributed by atoms with Gasteiger partial charge < -0.3 is 0 Å². The second-order valence-electron chi connectivity index (χ2n) is 7.12. The van der Waals surface area contributed by atoms with Crippen LogP contribution in [0.4, 0.5) is 0 Å². The minimum absolute atomic E-state index is 0.154. The smallest absolute Gasteiger partial charge is 0.299 e. The van der Waals surface area contributed by atoms with E-state index in [1.54, 1.807) is 17.7 Å². The van der Waals surface area contributed by atoms with Gasteiger partial charge in [0.05, 0.1) is 0 Å². The molecule has 0 bridgehead atoms. The molecule has 2 heterocycles. The maximum atomic E-state index is 12.1. The number of likely N-dealkylation sites (tertiary alicyclic amines) is 1. The molecular formula is C21H23N3O2. The van der Waals surface area contributed by atoms with Gasteiger partial charge in [-0.1, -0.05) is 42.5 Å². The Morgan fingerprint density at radius 2 is 1.77 bits per heavy atom. The summed E-state index contributed by atoms with van der Waals surface area (Å²) in [4.78, 5) is 28.5. The summed E-state index contributed by atoms with van der Waals surface area (Å²) < 4.78 is 1.70. The summed E-state index contributed by atoms with van der Waals surface area (Å²) in [5.41, 5.74) is 1.34. The van der Waals surface area contributed by atoms with Crippen LogP contribution in [0.5, 0.6) is 0 Å². The number of nitrogens with zero attached hydrogens (tertiary/aromatic N) is 2. The zero-order valence-electron chi connectivity index (χ0n) is 14.9. The molecule has 26 heavy (non-hydrogen) atoms. The molecule has 0 aliphatic carbocycles. The lowest BCUT2D eigenvalue weighted by Gasteiger charge is -2.33. The van der Waals surface area contributed by atoms with E-state index in [0.717, 1.165) is 32.5 Å². The van der Waals surface area contributed by atoms with Gasteiger partial charge in [0.1, 0.15) is 0 Å². The zero-order chi connectivity index (χ0) is 18.1. The maximum absolute atomic E-state index is 12.1. The Hall–Kier alpha value is -2.66. The van der Waals surface area contributed by atoms with Crippen molar-refractivity contribution in [1.29, 1.82) is 0 Å². The van der Waals surface area contributed by atoms with Crippen LogP contribution >= 0.6 is 0 Å². The quantitative estimate of drug-likeness (QED) is 0.791. The van der Waals surface area contributed by atoms with Crippen LogP contribution in [-0.2, 0) is 6.54 Å². The minimum atomic E-state index is -0.298. The first-order valence-electron chi connectivity index (χ1n) is 9.13. The highest BCUT2D eigenvalue weighted by Gasteiger charge is 2.22. The van der Waals surface area contributed by atoms with Gasteiger partial charge in [0.15, 0.2) is 0 Å². The average molecular weight is 349 g/mol. The molecule has 1 aromatic heterocycles. The summed E-state index contributed by atoms with van der Waals surface area (Å²) in [7, 11) is 0. The normalized spacial score (nSPS) is 16.2. The van der Waals surface area contributed by atoms with Gasteiger partial charge in [-0.15, -0.1) is 0 Å². The molecule has 1 aliphatic rings. The van der Waals surface area contributed by atoms with Gasteiger partial charge >= 0.3 is 5.69 Å². The summed E-state index contributed by atoms with van der Waals surface area (Å²) in [6.07, 6.45) is 3.53. The van der Waals surface area contributed by atoms with Crippen molar-refractivity contribution in [2.45, 2.75) is 32.4 Å². The fourth-order valence-corrected chi connectivity index (χ4v) is 3.88. The number of rotatable bonds is 3. The number of hydrogen-bond donors (Lipinski definition) is 1. The monoisotopic (exact) mass is 349 g/mol. The largest absolute Gasteiger partial charge is 0.328 e. The first-order chi connectivity index (χ1) is 12.6. The number of aromatic nitrogens is 2. The van der Waals surface area contributed by atoms with Crippen LogP contribution in [0.3, 0.4) is 0 Å². The van der Waals surface area contributed by atoms with Crippen LogP contribution in [0.25, 0.3) is 10.8 Å². The van der Waals surface area contributed by atoms with Crippen LogP contribution < -0.4 is 11.2 Å². The molecular weight excluding hydrogens is 326 g/mol. The van der Waals surface area contributed by atoms with Crippen LogP contribution in [0.15, 0.2) is 58.3 Å². The predicted octanol–water partition coefficient (Wildman–Crippen LogP) is 2.84. The van der Waals surface area contributed by atoms with Crippen molar-refractivity contribution in [3.8, 4) is 0 Å². The lowest BCUT2D eigenvalue weighted by Crippen LogP contribution is -2.39. The van der Waals surface area contributed by atoms with Gasteiger partial charge in [0, 0.05) is 37.4 Å². The molecule has 0 radical (unpaired) electrons. The third-order valence-electron chi connectivity index (χ3n) is 5.37. The van der Waals surface area contributed by atoms with Crippen LogP contribution in [0.1, 0.15) is 30.0 Å². The molecule has 5 heteroatoms. The number of nitrogens with one attached hydrogen (secondary N) is 1. The van der Waals surface area contributed by atoms with Gasteiger partial charge in [-0.05, 0) is 36.1 Å². The molecule has 5 nitrogen and oxygen atoms in total. The summed E-state index contributed by atoms with van der Waals surface area (Å²) in [5.74, 6) is 0. The molecule has 1 saturated heterocycles. The van der Waals surface area contributed by atoms with E-state index in [-0.39, 0.29) is 17.3 Å². The lowest BCUT2D eigenvalue weighted by atomic mass is 10.0. The fraction of sp³-hybridized carbons (Fsp3) is 0.333. The molecule has 0 unspecified atom stereocenters. The molecule has 0 spiro atoms. The fourth-order valence-electron chi connectivity index (χ4n) is 3.88. The predicted molar refractivity (Wildman–Crippen MR) is 104 cm³/mol. The lowest BCUT2D eigenvalue weighted by molar-refractivity contribution is 0.177. The Kier molecular flexibility index (Phi) is 4.47. The molecule has 3 aromatic rings. The molecule has 1 N–H and O–H groups in total. The molecule has 0 amide bonds.